The molecule has 1 atom stereocenters. The number of rotatable bonds is 2. The lowest BCUT2D eigenvalue weighted by Crippen LogP contribution is -2.31. The number of anilines is 1. The highest BCUT2D eigenvalue weighted by molar-refractivity contribution is 9.10. The number of nitrogens with one attached hydrogen (secondary N) is 1. The van der Waals surface area contributed by atoms with E-state index in [1.54, 1.807) is 0 Å². The molecule has 0 saturated heterocycles. The van der Waals surface area contributed by atoms with Crippen molar-refractivity contribution in [2.24, 2.45) is 0 Å². The number of halogens is 1. The van der Waals surface area contributed by atoms with Gasteiger partial charge in [-0.1, -0.05) is 45.8 Å². The van der Waals surface area contributed by atoms with Gasteiger partial charge in [0.15, 0.2) is 5.54 Å². The summed E-state index contributed by atoms with van der Waals surface area (Å²) in [4.78, 5) is 0. The summed E-state index contributed by atoms with van der Waals surface area (Å²) in [7, 11) is 0. The van der Waals surface area contributed by atoms with Crippen LogP contribution in [0.25, 0.3) is 0 Å². The van der Waals surface area contributed by atoms with Crippen LogP contribution in [0.2, 0.25) is 0 Å². The number of hydrogen-bond acceptors (Lipinski definition) is 2. The first kappa shape index (κ1) is 13.2. The molecule has 1 N–H and O–H groups in total. The zero-order valence-electron chi connectivity index (χ0n) is 11.3. The fraction of sp³-hybridized carbons (Fsp3) is 0.235. The van der Waals surface area contributed by atoms with Crippen molar-refractivity contribution >= 4 is 21.6 Å². The second-order valence-corrected chi connectivity index (χ2v) is 6.13. The Hall–Kier alpha value is -1.79. The van der Waals surface area contributed by atoms with Crippen molar-refractivity contribution in [3.8, 4) is 6.07 Å². The van der Waals surface area contributed by atoms with Gasteiger partial charge in [-0.25, -0.2) is 0 Å². The largest absolute Gasteiger partial charge is 0.364 e. The average molecular weight is 327 g/mol. The summed E-state index contributed by atoms with van der Waals surface area (Å²) in [6.45, 7) is 2.06. The third-order valence-electron chi connectivity index (χ3n) is 3.93. The molecule has 3 rings (SSSR count). The maximum absolute atomic E-state index is 9.74. The van der Waals surface area contributed by atoms with Crippen LogP contribution in [0.1, 0.15) is 23.1 Å². The number of aryl methyl sites for hydroxylation is 1. The van der Waals surface area contributed by atoms with E-state index < -0.39 is 5.54 Å². The van der Waals surface area contributed by atoms with E-state index in [1.165, 1.54) is 11.1 Å². The first-order valence-electron chi connectivity index (χ1n) is 6.69. The monoisotopic (exact) mass is 326 g/mol. The normalized spacial score (nSPS) is 20.2. The van der Waals surface area contributed by atoms with E-state index in [4.69, 9.17) is 0 Å². The summed E-state index contributed by atoms with van der Waals surface area (Å²) >= 11 is 3.59. The van der Waals surface area contributed by atoms with Crippen molar-refractivity contribution in [2.45, 2.75) is 25.3 Å². The van der Waals surface area contributed by atoms with Crippen LogP contribution in [0.4, 0.5) is 5.69 Å². The molecule has 2 aromatic carbocycles. The number of nitrogens with zero attached hydrogens (tertiary/aromatic N) is 1. The van der Waals surface area contributed by atoms with Crippen molar-refractivity contribution in [1.29, 1.82) is 5.26 Å². The third-order valence-corrected chi connectivity index (χ3v) is 4.67. The second-order valence-electron chi connectivity index (χ2n) is 5.27. The number of nitriles is 1. The van der Waals surface area contributed by atoms with Crippen molar-refractivity contribution in [2.75, 3.05) is 5.32 Å². The summed E-state index contributed by atoms with van der Waals surface area (Å²) in [5.74, 6) is 0. The van der Waals surface area contributed by atoms with Gasteiger partial charge in [-0.05, 0) is 49.1 Å². The molecule has 0 aliphatic heterocycles. The Kier molecular flexibility index (Phi) is 3.27. The lowest BCUT2D eigenvalue weighted by Gasteiger charge is -2.25. The molecule has 2 aromatic rings. The highest BCUT2D eigenvalue weighted by Crippen LogP contribution is 2.42. The standard InChI is InChI=1S/C17H15BrN2/c1-12-5-7-13(8-6-12)20-17(11-19)10-9-14-15(17)3-2-4-16(14)18/h2-8,20H,9-10H2,1H3. The summed E-state index contributed by atoms with van der Waals surface area (Å²) in [5.41, 5.74) is 3.93. The zero-order chi connectivity index (χ0) is 14.2. The first-order chi connectivity index (χ1) is 9.64. The Morgan fingerprint density at radius 1 is 1.20 bits per heavy atom. The molecule has 0 radical (unpaired) electrons. The van der Waals surface area contributed by atoms with Crippen molar-refractivity contribution in [3.63, 3.8) is 0 Å². The maximum atomic E-state index is 9.74. The molecule has 0 spiro atoms. The van der Waals surface area contributed by atoms with Crippen molar-refractivity contribution in [3.05, 3.63) is 63.6 Å². The maximum Gasteiger partial charge on any atom is 0.151 e. The third kappa shape index (κ3) is 2.10. The van der Waals surface area contributed by atoms with E-state index in [2.05, 4.69) is 52.4 Å². The van der Waals surface area contributed by atoms with E-state index in [9.17, 15) is 5.26 Å². The number of hydrogen-bond donors (Lipinski definition) is 1. The fourth-order valence-electron chi connectivity index (χ4n) is 2.82. The SMILES string of the molecule is Cc1ccc(NC2(C#N)CCc3c(Br)cccc32)cc1. The minimum Gasteiger partial charge on any atom is -0.364 e. The number of benzene rings is 2. The highest BCUT2D eigenvalue weighted by Gasteiger charge is 2.39. The Balaban J connectivity index is 2.01. The quantitative estimate of drug-likeness (QED) is 0.879. The molecule has 3 heteroatoms. The Labute approximate surface area is 127 Å². The lowest BCUT2D eigenvalue weighted by atomic mass is 9.93. The minimum atomic E-state index is -0.617. The molecule has 1 unspecified atom stereocenters. The molecule has 100 valence electrons. The molecule has 0 aromatic heterocycles. The van der Waals surface area contributed by atoms with Gasteiger partial charge in [0.05, 0.1) is 6.07 Å². The van der Waals surface area contributed by atoms with Gasteiger partial charge in [0, 0.05) is 10.2 Å². The minimum absolute atomic E-state index is 0.617. The second kappa shape index (κ2) is 4.96. The van der Waals surface area contributed by atoms with Gasteiger partial charge in [-0.2, -0.15) is 5.26 Å². The molecule has 2 nitrogen and oxygen atoms in total. The summed E-state index contributed by atoms with van der Waals surface area (Å²) in [6.07, 6.45) is 1.72. The van der Waals surface area contributed by atoms with Crippen LogP contribution >= 0.6 is 15.9 Å². The van der Waals surface area contributed by atoms with Crippen molar-refractivity contribution in [1.82, 2.24) is 0 Å². The molecule has 0 fully saturated rings. The Bertz CT molecular complexity index is 685. The van der Waals surface area contributed by atoms with Gasteiger partial charge in [0.1, 0.15) is 0 Å². The first-order valence-corrected chi connectivity index (χ1v) is 7.48. The lowest BCUT2D eigenvalue weighted by molar-refractivity contribution is 0.621. The molecular formula is C17H15BrN2. The fourth-order valence-corrected chi connectivity index (χ4v) is 3.38. The molecule has 0 heterocycles. The van der Waals surface area contributed by atoms with Crippen molar-refractivity contribution < 1.29 is 0 Å². The van der Waals surface area contributed by atoms with E-state index >= 15 is 0 Å². The van der Waals surface area contributed by atoms with Crippen LogP contribution < -0.4 is 5.32 Å². The van der Waals surface area contributed by atoms with Crippen LogP contribution in [0, 0.1) is 18.3 Å². The van der Waals surface area contributed by atoms with E-state index in [1.807, 2.05) is 24.3 Å². The average Bonchev–Trinajstić information content (AvgIpc) is 2.83. The Morgan fingerprint density at radius 3 is 2.65 bits per heavy atom. The predicted octanol–water partition coefficient (Wildman–Crippen LogP) is 4.53. The van der Waals surface area contributed by atoms with E-state index in [0.717, 1.165) is 28.6 Å². The highest BCUT2D eigenvalue weighted by atomic mass is 79.9. The molecule has 0 bridgehead atoms. The Morgan fingerprint density at radius 2 is 1.95 bits per heavy atom. The van der Waals surface area contributed by atoms with Gasteiger partial charge in [-0.3, -0.25) is 0 Å². The van der Waals surface area contributed by atoms with Crippen LogP contribution in [0.3, 0.4) is 0 Å². The van der Waals surface area contributed by atoms with Crippen LogP contribution in [0.5, 0.6) is 0 Å². The van der Waals surface area contributed by atoms with Crippen LogP contribution in [0.15, 0.2) is 46.9 Å². The topological polar surface area (TPSA) is 35.8 Å². The molecule has 0 amide bonds. The van der Waals surface area contributed by atoms with Gasteiger partial charge in [0.25, 0.3) is 0 Å². The molecule has 1 aliphatic carbocycles. The smallest absolute Gasteiger partial charge is 0.151 e. The zero-order valence-corrected chi connectivity index (χ0v) is 12.9. The number of fused-ring (bicyclic) bond motifs is 1. The molecule has 0 saturated carbocycles. The van der Waals surface area contributed by atoms with E-state index in [-0.39, 0.29) is 0 Å². The van der Waals surface area contributed by atoms with Crippen LogP contribution in [-0.2, 0) is 12.0 Å². The summed E-state index contributed by atoms with van der Waals surface area (Å²) < 4.78 is 1.10. The summed E-state index contributed by atoms with van der Waals surface area (Å²) in [5, 5.41) is 13.2. The van der Waals surface area contributed by atoms with Gasteiger partial charge in [0.2, 0.25) is 0 Å². The van der Waals surface area contributed by atoms with Gasteiger partial charge >= 0.3 is 0 Å². The van der Waals surface area contributed by atoms with Gasteiger partial charge < -0.3 is 5.32 Å². The molecule has 1 aliphatic rings. The molecule has 20 heavy (non-hydrogen) atoms. The van der Waals surface area contributed by atoms with Crippen LogP contribution in [-0.4, -0.2) is 0 Å². The predicted molar refractivity (Wildman–Crippen MR) is 84.6 cm³/mol. The summed E-state index contributed by atoms with van der Waals surface area (Å²) in [6, 6.07) is 16.8. The molecular weight excluding hydrogens is 312 g/mol. The van der Waals surface area contributed by atoms with Gasteiger partial charge in [-0.15, -0.1) is 0 Å². The van der Waals surface area contributed by atoms with E-state index in [0.29, 0.717) is 0 Å².